The Bertz CT molecular complexity index is 1140. The van der Waals surface area contributed by atoms with Crippen LogP contribution in [0.2, 0.25) is 0 Å². The van der Waals surface area contributed by atoms with E-state index in [1.54, 1.807) is 7.11 Å². The summed E-state index contributed by atoms with van der Waals surface area (Å²) in [6.07, 6.45) is 1.24. The zero-order valence-corrected chi connectivity index (χ0v) is 19.1. The minimum atomic E-state index is 0.113. The van der Waals surface area contributed by atoms with Crippen LogP contribution in [0.15, 0.2) is 54.6 Å². The number of carbonyl (C=O) groups excluding carboxylic acids is 1. The Hall–Kier alpha value is -3.61. The van der Waals surface area contributed by atoms with Gasteiger partial charge in [0, 0.05) is 39.6 Å². The van der Waals surface area contributed by atoms with Crippen LogP contribution in [-0.2, 0) is 6.42 Å². The molecule has 1 atom stereocenters. The van der Waals surface area contributed by atoms with Crippen LogP contribution in [0.3, 0.4) is 0 Å². The van der Waals surface area contributed by atoms with E-state index >= 15 is 0 Å². The van der Waals surface area contributed by atoms with Crippen molar-refractivity contribution in [2.75, 3.05) is 55.5 Å². The number of methoxy groups -OCH3 is 1. The number of rotatable bonds is 5. The van der Waals surface area contributed by atoms with E-state index < -0.39 is 0 Å². The molecule has 3 aromatic rings. The number of aromatic nitrogens is 2. The lowest BCUT2D eigenvalue weighted by Gasteiger charge is -2.37. The molecule has 1 aromatic heterocycles. The molecule has 2 aliphatic rings. The average Bonchev–Trinajstić information content (AvgIpc) is 2.88. The predicted octanol–water partition coefficient (Wildman–Crippen LogP) is 3.77. The number of piperazine rings is 1. The number of hydrogen-bond acceptors (Lipinski definition) is 7. The summed E-state index contributed by atoms with van der Waals surface area (Å²) in [4.78, 5) is 27.3. The fourth-order valence-corrected chi connectivity index (χ4v) is 4.89. The number of ketones is 1. The van der Waals surface area contributed by atoms with Crippen molar-refractivity contribution in [2.45, 2.75) is 18.8 Å². The molecule has 0 amide bonds. The van der Waals surface area contributed by atoms with Gasteiger partial charge in [0.05, 0.1) is 24.1 Å². The third kappa shape index (κ3) is 4.11. The van der Waals surface area contributed by atoms with Crippen LogP contribution < -0.4 is 19.9 Å². The molecule has 0 saturated carbocycles. The second-order valence-electron chi connectivity index (χ2n) is 8.53. The summed E-state index contributed by atoms with van der Waals surface area (Å²) in [5.74, 6) is 2.49. The summed E-state index contributed by atoms with van der Waals surface area (Å²) < 4.78 is 5.54. The number of ether oxygens (including phenoxy) is 1. The minimum Gasteiger partial charge on any atom is -0.495 e. The molecular weight excluding hydrogens is 414 g/mol. The normalized spacial score (nSPS) is 18.1. The first kappa shape index (κ1) is 21.2. The van der Waals surface area contributed by atoms with Crippen molar-refractivity contribution >= 4 is 23.2 Å². The first-order chi connectivity index (χ1) is 16.2. The molecule has 33 heavy (non-hydrogen) atoms. The molecule has 1 aliphatic carbocycles. The Kier molecular flexibility index (Phi) is 5.86. The molecule has 7 heteroatoms. The highest BCUT2D eigenvalue weighted by atomic mass is 16.5. The van der Waals surface area contributed by atoms with Crippen molar-refractivity contribution in [2.24, 2.45) is 0 Å². The molecule has 0 spiro atoms. The van der Waals surface area contributed by atoms with Crippen LogP contribution in [0.25, 0.3) is 0 Å². The van der Waals surface area contributed by atoms with Crippen molar-refractivity contribution in [1.82, 2.24) is 9.97 Å². The summed E-state index contributed by atoms with van der Waals surface area (Å²) in [7, 11) is 3.53. The molecule has 0 radical (unpaired) electrons. The highest BCUT2D eigenvalue weighted by Crippen LogP contribution is 2.36. The number of benzene rings is 2. The van der Waals surface area contributed by atoms with Crippen LogP contribution in [0.1, 0.15) is 34.0 Å². The maximum Gasteiger partial charge on any atom is 0.227 e. The van der Waals surface area contributed by atoms with Crippen molar-refractivity contribution in [3.8, 4) is 5.75 Å². The van der Waals surface area contributed by atoms with E-state index in [9.17, 15) is 4.79 Å². The number of para-hydroxylation sites is 2. The van der Waals surface area contributed by atoms with E-state index in [0.29, 0.717) is 23.8 Å². The van der Waals surface area contributed by atoms with Gasteiger partial charge in [0.1, 0.15) is 11.6 Å². The highest BCUT2D eigenvalue weighted by molar-refractivity contribution is 6.03. The predicted molar refractivity (Wildman–Crippen MR) is 131 cm³/mol. The van der Waals surface area contributed by atoms with E-state index in [2.05, 4.69) is 33.3 Å². The van der Waals surface area contributed by atoms with Crippen LogP contribution in [0, 0.1) is 0 Å². The van der Waals surface area contributed by atoms with Crippen molar-refractivity contribution in [1.29, 1.82) is 0 Å². The van der Waals surface area contributed by atoms with Gasteiger partial charge in [0.2, 0.25) is 5.95 Å². The molecule has 170 valence electrons. The molecule has 2 aromatic carbocycles. The molecule has 7 nitrogen and oxygen atoms in total. The minimum absolute atomic E-state index is 0.113. The van der Waals surface area contributed by atoms with E-state index in [0.717, 1.165) is 49.7 Å². The lowest BCUT2D eigenvalue weighted by Crippen LogP contribution is -2.47. The highest BCUT2D eigenvalue weighted by Gasteiger charge is 2.32. The van der Waals surface area contributed by atoms with Gasteiger partial charge in [-0.25, -0.2) is 4.98 Å². The Labute approximate surface area is 194 Å². The second kappa shape index (κ2) is 9.10. The third-order valence-electron chi connectivity index (χ3n) is 6.62. The lowest BCUT2D eigenvalue weighted by atomic mass is 9.82. The van der Waals surface area contributed by atoms with Gasteiger partial charge >= 0.3 is 0 Å². The summed E-state index contributed by atoms with van der Waals surface area (Å²) in [6.45, 7) is 3.30. The quantitative estimate of drug-likeness (QED) is 0.644. The monoisotopic (exact) mass is 443 g/mol. The van der Waals surface area contributed by atoms with E-state index in [1.807, 2.05) is 43.4 Å². The number of fused-ring (bicyclic) bond motifs is 1. The van der Waals surface area contributed by atoms with Gasteiger partial charge in [-0.3, -0.25) is 4.79 Å². The number of nitrogens with one attached hydrogen (secondary N) is 1. The van der Waals surface area contributed by atoms with Gasteiger partial charge < -0.3 is 19.9 Å². The van der Waals surface area contributed by atoms with Gasteiger partial charge in [0.15, 0.2) is 5.78 Å². The lowest BCUT2D eigenvalue weighted by molar-refractivity contribution is 0.0963. The maximum absolute atomic E-state index is 13.0. The fraction of sp³-hybridized carbons (Fsp3) is 0.346. The zero-order chi connectivity index (χ0) is 22.8. The SMILES string of the molecule is CNc1nc(N2CCN(c3ccccc3OC)CC2)nc2c1C(=O)C[C@@H](c1ccccc1)C2. The smallest absolute Gasteiger partial charge is 0.227 e. The van der Waals surface area contributed by atoms with E-state index in [1.165, 1.54) is 5.56 Å². The van der Waals surface area contributed by atoms with Crippen LogP contribution in [0.5, 0.6) is 5.75 Å². The van der Waals surface area contributed by atoms with E-state index in [-0.39, 0.29) is 11.7 Å². The first-order valence-electron chi connectivity index (χ1n) is 11.5. The number of anilines is 3. The Morgan fingerprint density at radius 1 is 0.909 bits per heavy atom. The maximum atomic E-state index is 13.0. The first-order valence-corrected chi connectivity index (χ1v) is 11.5. The summed E-state index contributed by atoms with van der Waals surface area (Å²) in [5, 5.41) is 3.14. The molecule has 1 N–H and O–H groups in total. The standard InChI is InChI=1S/C26H29N5O2/c1-27-25-24-20(16-19(17-22(24)32)18-8-4-3-5-9-18)28-26(29-25)31-14-12-30(13-15-31)21-10-6-7-11-23(21)33-2/h3-11,19H,12-17H2,1-2H3,(H,27,28,29)/t19-/m0/s1. The molecule has 1 fully saturated rings. The number of hydrogen-bond donors (Lipinski definition) is 1. The van der Waals surface area contributed by atoms with Crippen LogP contribution in [-0.4, -0.2) is 56.1 Å². The van der Waals surface area contributed by atoms with Gasteiger partial charge in [-0.15, -0.1) is 0 Å². The molecule has 2 heterocycles. The average molecular weight is 444 g/mol. The van der Waals surface area contributed by atoms with Crippen LogP contribution in [0.4, 0.5) is 17.5 Å². The third-order valence-corrected chi connectivity index (χ3v) is 6.62. The molecule has 5 rings (SSSR count). The largest absolute Gasteiger partial charge is 0.495 e. The second-order valence-corrected chi connectivity index (χ2v) is 8.53. The van der Waals surface area contributed by atoms with Gasteiger partial charge in [-0.1, -0.05) is 42.5 Å². The van der Waals surface area contributed by atoms with E-state index in [4.69, 9.17) is 14.7 Å². The van der Waals surface area contributed by atoms with Gasteiger partial charge in [-0.2, -0.15) is 4.98 Å². The fourth-order valence-electron chi connectivity index (χ4n) is 4.89. The number of carbonyl (C=O) groups is 1. The summed E-state index contributed by atoms with van der Waals surface area (Å²) in [6, 6.07) is 18.4. The Morgan fingerprint density at radius 3 is 2.33 bits per heavy atom. The topological polar surface area (TPSA) is 70.6 Å². The Morgan fingerprint density at radius 2 is 1.61 bits per heavy atom. The number of Topliss-reactive ketones (excluding diaryl/α,β-unsaturated/α-hetero) is 1. The van der Waals surface area contributed by atoms with Crippen molar-refractivity contribution < 1.29 is 9.53 Å². The zero-order valence-electron chi connectivity index (χ0n) is 19.1. The van der Waals surface area contributed by atoms with Crippen molar-refractivity contribution in [3.63, 3.8) is 0 Å². The van der Waals surface area contributed by atoms with Crippen LogP contribution >= 0.6 is 0 Å². The number of nitrogens with zero attached hydrogens (tertiary/aromatic N) is 4. The van der Waals surface area contributed by atoms with Gasteiger partial charge in [-0.05, 0) is 30.0 Å². The molecular formula is C26H29N5O2. The van der Waals surface area contributed by atoms with Crippen molar-refractivity contribution in [3.05, 3.63) is 71.4 Å². The molecule has 0 bridgehead atoms. The van der Waals surface area contributed by atoms with Gasteiger partial charge in [0.25, 0.3) is 0 Å². The molecule has 1 saturated heterocycles. The molecule has 1 aliphatic heterocycles. The summed E-state index contributed by atoms with van der Waals surface area (Å²) in [5.41, 5.74) is 3.80. The summed E-state index contributed by atoms with van der Waals surface area (Å²) >= 11 is 0. The molecule has 0 unspecified atom stereocenters. The Balaban J connectivity index is 1.39.